The van der Waals surface area contributed by atoms with E-state index < -0.39 is 0 Å². The molecule has 2 aliphatic rings. The lowest BCUT2D eigenvalue weighted by Crippen LogP contribution is -2.39. The fourth-order valence-corrected chi connectivity index (χ4v) is 7.94. The van der Waals surface area contributed by atoms with E-state index >= 15 is 0 Å². The van der Waals surface area contributed by atoms with Crippen LogP contribution in [0, 0.1) is 11.3 Å². The van der Waals surface area contributed by atoms with E-state index in [9.17, 15) is 5.26 Å². The average Bonchev–Trinajstić information content (AvgIpc) is 3.60. The van der Waals surface area contributed by atoms with Gasteiger partial charge in [0.05, 0.1) is 34.0 Å². The molecule has 3 heteroatoms. The highest BCUT2D eigenvalue weighted by atomic mass is 15.2. The summed E-state index contributed by atoms with van der Waals surface area (Å²) in [7, 11) is 0. The van der Waals surface area contributed by atoms with Crippen LogP contribution < -0.4 is 4.90 Å². The monoisotopic (exact) mass is 601 g/mol. The Hall–Kier alpha value is -6.11. The molecule has 1 aliphatic heterocycles. The minimum atomic E-state index is -0.214. The summed E-state index contributed by atoms with van der Waals surface area (Å²) >= 11 is 0. The van der Waals surface area contributed by atoms with Gasteiger partial charge in [0.1, 0.15) is 6.07 Å². The third kappa shape index (κ3) is 3.98. The van der Waals surface area contributed by atoms with Crippen LogP contribution in [0.3, 0.4) is 0 Å². The Kier molecular flexibility index (Phi) is 6.07. The number of allylic oxidation sites excluding steroid dienone is 2. The highest BCUT2D eigenvalue weighted by Gasteiger charge is 2.47. The maximum atomic E-state index is 10.1. The van der Waals surface area contributed by atoms with Crippen molar-refractivity contribution in [3.05, 3.63) is 175 Å². The quantitative estimate of drug-likeness (QED) is 0.201. The Balaban J connectivity index is 1.26. The topological polar surface area (TPSA) is 32.0 Å². The molecule has 7 aromatic rings. The number of hydrogen-bond donors (Lipinski definition) is 0. The van der Waals surface area contributed by atoms with E-state index in [-0.39, 0.29) is 11.5 Å². The molecule has 0 saturated carbocycles. The molecule has 0 saturated heterocycles. The summed E-state index contributed by atoms with van der Waals surface area (Å²) < 4.78 is 2.41. The van der Waals surface area contributed by atoms with Crippen LogP contribution in [0.25, 0.3) is 49.7 Å². The number of benzene rings is 6. The second kappa shape index (κ2) is 10.5. The molecule has 0 fully saturated rings. The molecule has 1 aromatic heterocycles. The van der Waals surface area contributed by atoms with Crippen LogP contribution in [0.5, 0.6) is 0 Å². The summed E-state index contributed by atoms with van der Waals surface area (Å²) in [5, 5.41) is 12.6. The van der Waals surface area contributed by atoms with E-state index in [0.29, 0.717) is 5.56 Å². The van der Waals surface area contributed by atoms with Gasteiger partial charge in [-0.3, -0.25) is 0 Å². The molecule has 2 atom stereocenters. The van der Waals surface area contributed by atoms with Gasteiger partial charge in [-0.1, -0.05) is 127 Å². The third-order valence-corrected chi connectivity index (χ3v) is 10.1. The Bertz CT molecular complexity index is 2420. The third-order valence-electron chi connectivity index (χ3n) is 10.1. The largest absolute Gasteiger partial charge is 0.332 e. The lowest BCUT2D eigenvalue weighted by Gasteiger charge is -2.35. The number of hydrogen-bond acceptors (Lipinski definition) is 2. The molecule has 0 bridgehead atoms. The molecule has 3 nitrogen and oxygen atoms in total. The van der Waals surface area contributed by atoms with Gasteiger partial charge in [-0.05, 0) is 65.6 Å². The zero-order chi connectivity index (χ0) is 31.5. The van der Waals surface area contributed by atoms with E-state index in [1.807, 2.05) is 18.2 Å². The van der Waals surface area contributed by atoms with Gasteiger partial charge in [0.25, 0.3) is 0 Å². The van der Waals surface area contributed by atoms with Crippen LogP contribution in [0.2, 0.25) is 0 Å². The van der Waals surface area contributed by atoms with Gasteiger partial charge in [-0.25, -0.2) is 0 Å². The molecular formula is C44H31N3. The van der Waals surface area contributed by atoms with Crippen molar-refractivity contribution in [2.24, 2.45) is 0 Å². The van der Waals surface area contributed by atoms with Crippen LogP contribution in [0.1, 0.15) is 18.1 Å². The lowest BCUT2D eigenvalue weighted by molar-refractivity contribution is 0.550. The number of para-hydroxylation sites is 4. The molecule has 0 N–H and O–H groups in total. The first kappa shape index (κ1) is 27.2. The highest BCUT2D eigenvalue weighted by molar-refractivity contribution is 6.10. The van der Waals surface area contributed by atoms with Crippen molar-refractivity contribution in [1.82, 2.24) is 4.57 Å². The molecular weight excluding hydrogens is 571 g/mol. The van der Waals surface area contributed by atoms with Gasteiger partial charge in [-0.2, -0.15) is 5.26 Å². The van der Waals surface area contributed by atoms with Crippen LogP contribution in [0.4, 0.5) is 11.4 Å². The molecule has 0 radical (unpaired) electrons. The maximum Gasteiger partial charge on any atom is 0.101 e. The van der Waals surface area contributed by atoms with Crippen molar-refractivity contribution in [2.45, 2.75) is 18.4 Å². The van der Waals surface area contributed by atoms with Crippen molar-refractivity contribution >= 4 is 33.2 Å². The number of aromatic nitrogens is 1. The highest BCUT2D eigenvalue weighted by Crippen LogP contribution is 2.53. The van der Waals surface area contributed by atoms with Crippen LogP contribution in [-0.2, 0) is 5.41 Å². The normalized spacial score (nSPS) is 18.0. The summed E-state index contributed by atoms with van der Waals surface area (Å²) in [4.78, 5) is 2.37. The summed E-state index contributed by atoms with van der Waals surface area (Å²) in [6.07, 6.45) is 8.85. The molecule has 9 rings (SSSR count). The SMILES string of the molecule is CC12C=CC=CC1N(c1ccccc1C#N)c1cc(-c3ccccc3-c3ccccc3-n3c4ccccc4c4ccccc43)ccc12. The minimum absolute atomic E-state index is 0.0681. The van der Waals surface area contributed by atoms with Gasteiger partial charge in [0.2, 0.25) is 0 Å². The van der Waals surface area contributed by atoms with E-state index in [1.54, 1.807) is 0 Å². The van der Waals surface area contributed by atoms with Gasteiger partial charge < -0.3 is 9.47 Å². The van der Waals surface area contributed by atoms with Crippen molar-refractivity contribution in [3.63, 3.8) is 0 Å². The standard InChI is InChI=1S/C44H31N3/c1-44-27-13-12-24-43(44)47(38-20-8-2-14-31(38)29-45)42-28-30(25-26-37(42)44)32-15-3-4-16-33(32)34-17-5-9-21-39(34)46-40-22-10-6-18-35(40)36-19-7-11-23-41(36)46/h2-28,43H,1H3. The number of nitriles is 1. The Morgan fingerprint density at radius 3 is 1.96 bits per heavy atom. The summed E-state index contributed by atoms with van der Waals surface area (Å²) in [5.74, 6) is 0. The van der Waals surface area contributed by atoms with E-state index in [2.05, 4.69) is 168 Å². The van der Waals surface area contributed by atoms with Gasteiger partial charge in [0.15, 0.2) is 0 Å². The number of anilines is 2. The van der Waals surface area contributed by atoms with E-state index in [1.165, 1.54) is 44.1 Å². The summed E-state index contributed by atoms with van der Waals surface area (Å²) in [6.45, 7) is 2.31. The van der Waals surface area contributed by atoms with Crippen LogP contribution in [0.15, 0.2) is 164 Å². The van der Waals surface area contributed by atoms with Crippen molar-refractivity contribution in [1.29, 1.82) is 5.26 Å². The van der Waals surface area contributed by atoms with Crippen LogP contribution >= 0.6 is 0 Å². The first-order valence-electron chi connectivity index (χ1n) is 16.1. The zero-order valence-electron chi connectivity index (χ0n) is 26.0. The fourth-order valence-electron chi connectivity index (χ4n) is 7.94. The average molecular weight is 602 g/mol. The fraction of sp³-hybridized carbons (Fsp3) is 0.0682. The van der Waals surface area contributed by atoms with Crippen molar-refractivity contribution in [3.8, 4) is 34.0 Å². The van der Waals surface area contributed by atoms with Gasteiger partial charge in [-0.15, -0.1) is 0 Å². The smallest absolute Gasteiger partial charge is 0.101 e. The van der Waals surface area contributed by atoms with Crippen LogP contribution in [-0.4, -0.2) is 10.6 Å². The second-order valence-corrected chi connectivity index (χ2v) is 12.6. The minimum Gasteiger partial charge on any atom is -0.332 e. The number of nitrogens with zero attached hydrogens (tertiary/aromatic N) is 3. The molecule has 6 aromatic carbocycles. The number of fused-ring (bicyclic) bond motifs is 6. The predicted molar refractivity (Wildman–Crippen MR) is 194 cm³/mol. The van der Waals surface area contributed by atoms with Crippen molar-refractivity contribution < 1.29 is 0 Å². The Morgan fingerprint density at radius 1 is 0.596 bits per heavy atom. The van der Waals surface area contributed by atoms with Crippen molar-refractivity contribution in [2.75, 3.05) is 4.90 Å². The molecule has 0 spiro atoms. The van der Waals surface area contributed by atoms with Gasteiger partial charge >= 0.3 is 0 Å². The summed E-state index contributed by atoms with van der Waals surface area (Å²) in [5.41, 5.74) is 12.0. The van der Waals surface area contributed by atoms with Gasteiger partial charge in [0, 0.05) is 27.4 Å². The Labute approximate surface area is 274 Å². The molecule has 2 unspecified atom stereocenters. The second-order valence-electron chi connectivity index (χ2n) is 12.6. The molecule has 1 aliphatic carbocycles. The lowest BCUT2D eigenvalue weighted by atomic mass is 9.76. The molecule has 47 heavy (non-hydrogen) atoms. The maximum absolute atomic E-state index is 10.1. The predicted octanol–water partition coefficient (Wildman–Crippen LogP) is 10.9. The number of rotatable bonds is 4. The van der Waals surface area contributed by atoms with E-state index in [4.69, 9.17) is 0 Å². The Morgan fingerprint density at radius 2 is 1.21 bits per heavy atom. The molecule has 2 heterocycles. The first-order chi connectivity index (χ1) is 23.2. The van der Waals surface area contributed by atoms with E-state index in [0.717, 1.165) is 22.6 Å². The molecule has 222 valence electrons. The first-order valence-corrected chi connectivity index (χ1v) is 16.1. The summed E-state index contributed by atoms with van der Waals surface area (Å²) in [6, 6.07) is 52.2. The zero-order valence-corrected chi connectivity index (χ0v) is 26.0. The molecule has 0 amide bonds.